The number of amides is 2. The van der Waals surface area contributed by atoms with E-state index in [0.717, 1.165) is 18.2 Å². The molecule has 38 heavy (non-hydrogen) atoms. The Bertz CT molecular complexity index is 1300. The molecule has 1 aromatic rings. The lowest BCUT2D eigenvalue weighted by molar-refractivity contribution is -0.199. The normalized spacial score (nSPS) is 23.9. The van der Waals surface area contributed by atoms with E-state index in [0.29, 0.717) is 17.7 Å². The van der Waals surface area contributed by atoms with Gasteiger partial charge in [-0.05, 0) is 44.2 Å². The first-order valence-corrected chi connectivity index (χ1v) is 13.2. The zero-order valence-corrected chi connectivity index (χ0v) is 20.9. The summed E-state index contributed by atoms with van der Waals surface area (Å²) in [5.41, 5.74) is -3.94. The Hall–Kier alpha value is -2.73. The maximum atomic E-state index is 13.7. The second-order valence-corrected chi connectivity index (χ2v) is 12.2. The third kappa shape index (κ3) is 5.25. The van der Waals surface area contributed by atoms with Crippen LogP contribution in [0.5, 0.6) is 5.75 Å². The van der Waals surface area contributed by atoms with E-state index in [9.17, 15) is 49.6 Å². The van der Waals surface area contributed by atoms with E-state index in [1.54, 1.807) is 0 Å². The molecule has 0 spiro atoms. The molecule has 2 saturated carbocycles. The van der Waals surface area contributed by atoms with Gasteiger partial charge in [0.15, 0.2) is 16.4 Å². The molecule has 208 valence electrons. The number of likely N-dealkylation sites (tertiary alicyclic amines) is 1. The largest absolute Gasteiger partial charge is 0.484 e. The quantitative estimate of drug-likeness (QED) is 0.488. The van der Waals surface area contributed by atoms with Gasteiger partial charge in [0.1, 0.15) is 22.7 Å². The second kappa shape index (κ2) is 9.18. The first-order valence-electron chi connectivity index (χ1n) is 11.3. The number of halogens is 7. The molecular weight excluding hydrogens is 568 g/mol. The fraction of sp³-hybridized carbons (Fsp3) is 0.591. The number of carbonyl (C=O) groups is 2. The summed E-state index contributed by atoms with van der Waals surface area (Å²) in [5.74, 6) is -2.75. The van der Waals surface area contributed by atoms with Crippen LogP contribution in [0, 0.1) is 16.7 Å². The number of nitrogens with zero attached hydrogens (tertiary/aromatic N) is 2. The van der Waals surface area contributed by atoms with Crippen LogP contribution < -0.4 is 10.1 Å². The molecule has 2 atom stereocenters. The van der Waals surface area contributed by atoms with E-state index in [2.05, 4.69) is 10.1 Å². The lowest BCUT2D eigenvalue weighted by atomic mass is 10.0. The van der Waals surface area contributed by atoms with E-state index in [4.69, 9.17) is 11.6 Å². The van der Waals surface area contributed by atoms with Gasteiger partial charge >= 0.3 is 12.4 Å². The van der Waals surface area contributed by atoms with Gasteiger partial charge in [-0.15, -0.1) is 0 Å². The van der Waals surface area contributed by atoms with Gasteiger partial charge in [0.2, 0.25) is 11.8 Å². The van der Waals surface area contributed by atoms with Crippen LogP contribution in [0.2, 0.25) is 5.02 Å². The summed E-state index contributed by atoms with van der Waals surface area (Å²) >= 11 is 6.01. The minimum Gasteiger partial charge on any atom is -0.484 e. The third-order valence-electron chi connectivity index (χ3n) is 6.91. The van der Waals surface area contributed by atoms with Crippen molar-refractivity contribution in [3.8, 4) is 11.8 Å². The van der Waals surface area contributed by atoms with Crippen molar-refractivity contribution in [3.63, 3.8) is 0 Å². The smallest absolute Gasteiger partial charge is 0.422 e. The number of nitriles is 1. The summed E-state index contributed by atoms with van der Waals surface area (Å²) in [4.78, 5) is 26.1. The number of benzene rings is 1. The van der Waals surface area contributed by atoms with Crippen LogP contribution in [-0.4, -0.2) is 67.5 Å². The molecule has 4 rings (SSSR count). The molecule has 1 saturated heterocycles. The lowest BCUT2D eigenvalue weighted by Crippen LogP contribution is -2.53. The molecule has 0 radical (unpaired) electrons. The highest BCUT2D eigenvalue weighted by Crippen LogP contribution is 2.59. The minimum atomic E-state index is -4.91. The summed E-state index contributed by atoms with van der Waals surface area (Å²) in [5, 5.41) is 9.60. The van der Waals surface area contributed by atoms with Crippen LogP contribution in [0.25, 0.3) is 0 Å². The first-order chi connectivity index (χ1) is 17.4. The summed E-state index contributed by atoms with van der Waals surface area (Å²) in [6.07, 6.45) is -10.6. The van der Waals surface area contributed by atoms with Crippen molar-refractivity contribution in [2.24, 2.45) is 5.41 Å². The predicted octanol–water partition coefficient (Wildman–Crippen LogP) is 3.54. The maximum absolute atomic E-state index is 13.7. The number of ether oxygens (including phenoxy) is 1. The van der Waals surface area contributed by atoms with Gasteiger partial charge in [-0.3, -0.25) is 9.59 Å². The molecule has 3 fully saturated rings. The molecule has 1 aromatic carbocycles. The summed E-state index contributed by atoms with van der Waals surface area (Å²) in [7, 11) is -4.49. The van der Waals surface area contributed by atoms with Crippen molar-refractivity contribution in [2.75, 3.05) is 13.2 Å². The van der Waals surface area contributed by atoms with E-state index >= 15 is 0 Å². The number of hydrogen-bond donors (Lipinski definition) is 1. The third-order valence-corrected chi connectivity index (χ3v) is 9.52. The lowest BCUT2D eigenvalue weighted by Gasteiger charge is -2.29. The fourth-order valence-electron chi connectivity index (χ4n) is 4.37. The molecular formula is C22H20ClF6N3O5S. The van der Waals surface area contributed by atoms with Crippen LogP contribution in [0.15, 0.2) is 23.1 Å². The highest BCUT2D eigenvalue weighted by atomic mass is 35.5. The molecule has 0 aromatic heterocycles. The Labute approximate surface area is 217 Å². The van der Waals surface area contributed by atoms with Crippen molar-refractivity contribution in [1.29, 1.82) is 5.26 Å². The number of rotatable bonds is 7. The zero-order valence-electron chi connectivity index (χ0n) is 19.3. The van der Waals surface area contributed by atoms with Crippen molar-refractivity contribution in [1.82, 2.24) is 10.2 Å². The standard InChI is InChI=1S/C22H20ClF6N3O5S/c23-14-7-12(37-11-21(24,25)26)1-2-16(14)38(35,36)13-8-15(17(33)31-19(10-30)3-4-19)32(9-13)18(34)20(5-6-20)22(27,28)29/h1-2,7,13,15H,3-6,8-9,11H2,(H,31,33)/t13-,15+/m0/s1. The molecule has 0 unspecified atom stereocenters. The summed E-state index contributed by atoms with van der Waals surface area (Å²) in [6.45, 7) is -2.41. The molecule has 3 aliphatic rings. The summed E-state index contributed by atoms with van der Waals surface area (Å²) in [6, 6.07) is 2.94. The van der Waals surface area contributed by atoms with Crippen molar-refractivity contribution < 1.29 is 49.1 Å². The topological polar surface area (TPSA) is 117 Å². The number of hydrogen-bond acceptors (Lipinski definition) is 6. The van der Waals surface area contributed by atoms with E-state index in [1.165, 1.54) is 0 Å². The molecule has 0 bridgehead atoms. The number of sulfone groups is 1. The van der Waals surface area contributed by atoms with Gasteiger partial charge in [-0.2, -0.15) is 31.6 Å². The fourth-order valence-corrected chi connectivity index (χ4v) is 6.60. The molecule has 1 aliphatic heterocycles. The molecule has 2 aliphatic carbocycles. The average molecular weight is 588 g/mol. The van der Waals surface area contributed by atoms with Crippen LogP contribution >= 0.6 is 11.6 Å². The average Bonchev–Trinajstić information content (AvgIpc) is 3.73. The molecule has 8 nitrogen and oxygen atoms in total. The maximum Gasteiger partial charge on any atom is 0.422 e. The Morgan fingerprint density at radius 1 is 1.16 bits per heavy atom. The Balaban J connectivity index is 1.61. The van der Waals surface area contributed by atoms with Gasteiger partial charge in [0, 0.05) is 12.6 Å². The van der Waals surface area contributed by atoms with Gasteiger partial charge in [0.25, 0.3) is 0 Å². The van der Waals surface area contributed by atoms with Gasteiger partial charge in [0.05, 0.1) is 21.2 Å². The minimum absolute atomic E-state index is 0.294. The number of alkyl halides is 6. The Kier molecular flexibility index (Phi) is 6.83. The predicted molar refractivity (Wildman–Crippen MR) is 118 cm³/mol. The Morgan fingerprint density at radius 3 is 2.26 bits per heavy atom. The number of carbonyl (C=O) groups excluding carboxylic acids is 2. The van der Waals surface area contributed by atoms with Crippen molar-refractivity contribution in [3.05, 3.63) is 23.2 Å². The first kappa shape index (κ1) is 28.3. The monoisotopic (exact) mass is 587 g/mol. The van der Waals surface area contributed by atoms with Crippen LogP contribution in [-0.2, 0) is 19.4 Å². The van der Waals surface area contributed by atoms with Crippen LogP contribution in [0.4, 0.5) is 26.3 Å². The molecule has 16 heteroatoms. The van der Waals surface area contributed by atoms with Crippen molar-refractivity contribution in [2.45, 2.75) is 66.2 Å². The SMILES string of the molecule is N#CC1(NC(=O)[C@H]2C[C@H](S(=O)(=O)c3ccc(OCC(F)(F)F)cc3Cl)CN2C(=O)C2(C(F)(F)F)CC2)CC1. The zero-order chi connectivity index (χ0) is 28.3. The molecule has 1 N–H and O–H groups in total. The van der Waals surface area contributed by atoms with Crippen molar-refractivity contribution >= 4 is 33.3 Å². The molecule has 1 heterocycles. The van der Waals surface area contributed by atoms with Crippen LogP contribution in [0.3, 0.4) is 0 Å². The van der Waals surface area contributed by atoms with Crippen LogP contribution in [0.1, 0.15) is 32.1 Å². The van der Waals surface area contributed by atoms with Gasteiger partial charge < -0.3 is 15.0 Å². The van der Waals surface area contributed by atoms with E-state index < -0.39 is 98.6 Å². The highest BCUT2D eigenvalue weighted by Gasteiger charge is 2.70. The van der Waals surface area contributed by atoms with Gasteiger partial charge in [-0.1, -0.05) is 11.6 Å². The van der Waals surface area contributed by atoms with Gasteiger partial charge in [-0.25, -0.2) is 8.42 Å². The second-order valence-electron chi connectivity index (χ2n) is 9.64. The summed E-state index contributed by atoms with van der Waals surface area (Å²) < 4.78 is 110. The van der Waals surface area contributed by atoms with E-state index in [1.807, 2.05) is 6.07 Å². The number of nitrogens with one attached hydrogen (secondary N) is 1. The highest BCUT2D eigenvalue weighted by molar-refractivity contribution is 7.92. The van der Waals surface area contributed by atoms with E-state index in [-0.39, 0.29) is 5.75 Å². The molecule has 2 amide bonds. The Morgan fingerprint density at radius 2 is 1.79 bits per heavy atom.